The molecule has 0 spiro atoms. The van der Waals surface area contributed by atoms with Gasteiger partial charge in [-0.05, 0) is 12.8 Å². The molecule has 0 unspecified atom stereocenters. The van der Waals surface area contributed by atoms with E-state index in [4.69, 9.17) is 61.3 Å². The monoisotopic (exact) mass is 1690 g/mol. The predicted octanol–water partition coefficient (Wildman–Crippen LogP) is -22.2. The van der Waals surface area contributed by atoms with Crippen LogP contribution >= 0.6 is 0 Å². The van der Waals surface area contributed by atoms with Gasteiger partial charge in [0.2, 0.25) is 0 Å². The Kier molecular flexibility index (Phi) is 9530. The number of carboxylic acids is 2. The van der Waals surface area contributed by atoms with Gasteiger partial charge in [-0.1, -0.05) is 25.7 Å². The summed E-state index contributed by atoms with van der Waals surface area (Å²) in [6.07, 6.45) is 5.82. The summed E-state index contributed by atoms with van der Waals surface area (Å²) >= 11 is 0. The van der Waals surface area contributed by atoms with Crippen LogP contribution in [0.2, 0.25) is 0 Å². The van der Waals surface area contributed by atoms with Crippen LogP contribution in [0.4, 0.5) is 0 Å². The Morgan fingerprint density at radius 3 is 0.289 bits per heavy atom. The third-order valence-corrected chi connectivity index (χ3v) is 2.03. The molecular formula is C22H116O40Ti14-2. The standard InChI is InChI=1S/C10H18O4.10CH4O.2CH3.26H2O.14Ti/c11-9(12)7-5-3-1-2-4-6-8-10(13)14;10*1-2;;;;;;;;;;;;;;;;;;;;;;;;;;;;;;;;;;;;;;;;;;/h1-8H2,(H,11,12)(H,13,14);10*2H,1H3;2*1H3;26*1H2;;;;;;;;;;;;;;/q;;;;;;;;;;;2*-1;;;;;;;;;;;;;;;;;;;;;;;;;;;;;;;;;;;;;;;;. The minimum absolute atomic E-state index is 0. The minimum atomic E-state index is -0.740. The van der Waals surface area contributed by atoms with Crippen molar-refractivity contribution in [3.8, 4) is 0 Å². The summed E-state index contributed by atoms with van der Waals surface area (Å²) in [4.78, 5) is 20.3. The van der Waals surface area contributed by atoms with Gasteiger partial charge in [0.15, 0.2) is 0 Å². The topological polar surface area (TPSA) is 1100 Å². The smallest absolute Gasteiger partial charge is 0.303 e. The Morgan fingerprint density at radius 2 is 0.237 bits per heavy atom. The van der Waals surface area contributed by atoms with Crippen molar-refractivity contribution in [1.29, 1.82) is 0 Å². The molecule has 64 N–H and O–H groups in total. The van der Waals surface area contributed by atoms with Crippen molar-refractivity contribution in [1.82, 2.24) is 0 Å². The van der Waals surface area contributed by atoms with Gasteiger partial charge in [-0.3, -0.25) is 9.59 Å². The third-order valence-electron chi connectivity index (χ3n) is 2.03. The molecule has 0 saturated heterocycles. The molecule has 0 atom stereocenters. The number of hydrogen-bond donors (Lipinski definition) is 12. The van der Waals surface area contributed by atoms with Gasteiger partial charge in [0.1, 0.15) is 0 Å². The van der Waals surface area contributed by atoms with Crippen LogP contribution < -0.4 is 0 Å². The van der Waals surface area contributed by atoms with Gasteiger partial charge in [-0.2, -0.15) is 0 Å². The zero-order chi connectivity index (χ0) is 30.8. The first-order valence-electron chi connectivity index (χ1n) is 9.53. The van der Waals surface area contributed by atoms with Crippen molar-refractivity contribution in [2.24, 2.45) is 0 Å². The molecule has 0 aliphatic carbocycles. The Bertz CT molecular complexity index is 255. The number of aliphatic hydroxyl groups is 10. The van der Waals surface area contributed by atoms with E-state index in [1.807, 2.05) is 0 Å². The molecule has 0 aliphatic heterocycles. The molecule has 0 aromatic carbocycles. The number of rotatable bonds is 9. The van der Waals surface area contributed by atoms with Gasteiger partial charge in [0.05, 0.1) is 0 Å². The van der Waals surface area contributed by atoms with Gasteiger partial charge in [0.25, 0.3) is 0 Å². The molecule has 0 aromatic heterocycles. The summed E-state index contributed by atoms with van der Waals surface area (Å²) in [6, 6.07) is 0. The summed E-state index contributed by atoms with van der Waals surface area (Å²) in [7, 11) is 10.0. The third kappa shape index (κ3) is 1540. The zero-order valence-electron chi connectivity index (χ0n) is 44.8. The molecule has 76 heavy (non-hydrogen) atoms. The molecular weight excluding hydrogens is 1570 g/mol. The van der Waals surface area contributed by atoms with Crippen LogP contribution in [-0.4, -0.2) is 287 Å². The fourth-order valence-electron chi connectivity index (χ4n) is 1.26. The number of aliphatic hydroxyl groups excluding tert-OH is 10. The second kappa shape index (κ2) is 1190. The van der Waals surface area contributed by atoms with E-state index in [-0.39, 0.29) is 474 Å². The van der Waals surface area contributed by atoms with E-state index in [9.17, 15) is 9.59 Å². The van der Waals surface area contributed by atoms with Crippen molar-refractivity contribution in [3.05, 3.63) is 14.9 Å². The van der Waals surface area contributed by atoms with Gasteiger partial charge in [0, 0.05) is 388 Å². The van der Waals surface area contributed by atoms with E-state index in [0.29, 0.717) is 0 Å². The summed E-state index contributed by atoms with van der Waals surface area (Å²) in [5.74, 6) is -1.48. The van der Waals surface area contributed by atoms with Crippen molar-refractivity contribution >= 4 is 11.9 Å². The average molecular weight is 1690 g/mol. The molecule has 0 rings (SSSR count). The zero-order valence-corrected chi connectivity index (χ0v) is 66.7. The molecule has 54 heteroatoms. The maximum Gasteiger partial charge on any atom is 0.303 e. The molecule has 0 aliphatic rings. The van der Waals surface area contributed by atoms with E-state index >= 15 is 0 Å². The van der Waals surface area contributed by atoms with E-state index in [1.54, 1.807) is 0 Å². The van der Waals surface area contributed by atoms with E-state index in [2.05, 4.69) is 0 Å². The Labute approximate surface area is 657 Å². The van der Waals surface area contributed by atoms with Crippen LogP contribution in [0.25, 0.3) is 0 Å². The van der Waals surface area contributed by atoms with Crippen LogP contribution in [0.15, 0.2) is 0 Å². The molecule has 0 aromatic rings. The van der Waals surface area contributed by atoms with Gasteiger partial charge < -0.3 is 219 Å². The predicted molar refractivity (Wildman–Crippen MR) is 240 cm³/mol. The molecule has 0 amide bonds. The molecule has 0 bridgehead atoms. The number of aliphatic carboxylic acids is 2. The fraction of sp³-hybridized carbons (Fsp3) is 0.818. The van der Waals surface area contributed by atoms with Crippen molar-refractivity contribution < 1.29 is 517 Å². The van der Waals surface area contributed by atoms with Crippen LogP contribution in [0, 0.1) is 14.9 Å². The van der Waals surface area contributed by atoms with Gasteiger partial charge >= 0.3 is 11.9 Å². The summed E-state index contributed by atoms with van der Waals surface area (Å²) in [5.41, 5.74) is 0. The number of unbranched alkanes of at least 4 members (excludes halogenated alkanes) is 5. The Morgan fingerprint density at radius 1 is 0.184 bits per heavy atom. The maximum absolute atomic E-state index is 10.1. The summed E-state index contributed by atoms with van der Waals surface area (Å²) in [6.45, 7) is 0. The van der Waals surface area contributed by atoms with Crippen LogP contribution in [0.5, 0.6) is 0 Å². The summed E-state index contributed by atoms with van der Waals surface area (Å²) in [5, 5.41) is 86.7. The number of carboxylic acid groups (broad SMARTS) is 2. The van der Waals surface area contributed by atoms with E-state index in [0.717, 1.165) is 110 Å². The first kappa shape index (κ1) is 611. The molecule has 0 fully saturated rings. The molecule has 502 valence electrons. The molecule has 40 nitrogen and oxygen atoms in total. The van der Waals surface area contributed by atoms with Gasteiger partial charge in [-0.15, -0.1) is 0 Å². The second-order valence-corrected chi connectivity index (χ2v) is 3.41. The fourth-order valence-corrected chi connectivity index (χ4v) is 1.26. The number of carbonyl (C=O) groups is 2. The molecule has 0 heterocycles. The maximum atomic E-state index is 10.1. The van der Waals surface area contributed by atoms with Crippen LogP contribution in [0.1, 0.15) is 51.4 Å². The Hall–Kier alpha value is 7.50. The summed E-state index contributed by atoms with van der Waals surface area (Å²) < 4.78 is 0. The van der Waals surface area contributed by atoms with Gasteiger partial charge in [-0.25, -0.2) is 0 Å². The number of hydrogen-bond acceptors (Lipinski definition) is 12. The van der Waals surface area contributed by atoms with E-state index < -0.39 is 11.9 Å². The normalized spacial score (nSPS) is 2.63. The second-order valence-electron chi connectivity index (χ2n) is 3.41. The molecule has 0 radical (unpaired) electrons. The van der Waals surface area contributed by atoms with Crippen molar-refractivity contribution in [2.75, 3.05) is 71.1 Å². The van der Waals surface area contributed by atoms with E-state index in [1.165, 1.54) is 0 Å². The average Bonchev–Trinajstić information content (AvgIpc) is 2.96. The van der Waals surface area contributed by atoms with Crippen molar-refractivity contribution in [2.45, 2.75) is 51.4 Å². The first-order valence-corrected chi connectivity index (χ1v) is 9.53. The Balaban J connectivity index is -0.00000000156. The van der Waals surface area contributed by atoms with Crippen LogP contribution in [0.3, 0.4) is 0 Å². The minimum Gasteiger partial charge on any atom is -0.481 e. The SMILES string of the molecule is CO.CO.CO.CO.CO.CO.CO.CO.CO.CO.O.O.O.O.O.O.O.O.O.O.O.O.O.O.O.O.O.O.O.O.O.O.O.O.O.O.O=C(O)CCCCCCCCC(=O)O.[CH3-].[CH3-].[Ti].[Ti].[Ti].[Ti].[Ti].[Ti].[Ti].[Ti].[Ti].[Ti].[Ti].[Ti].[Ti].[Ti]. The quantitative estimate of drug-likeness (QED) is 0.0580. The first-order chi connectivity index (χ1) is 16.6. The largest absolute Gasteiger partial charge is 0.481 e. The molecule has 0 saturated carbocycles. The van der Waals surface area contributed by atoms with Crippen LogP contribution in [-0.2, 0) is 314 Å². The van der Waals surface area contributed by atoms with Crippen molar-refractivity contribution in [3.63, 3.8) is 0 Å².